The van der Waals surface area contributed by atoms with Gasteiger partial charge in [0.15, 0.2) is 0 Å². The molecule has 0 radical (unpaired) electrons. The lowest BCUT2D eigenvalue weighted by Gasteiger charge is -2.28. The number of rotatable bonds is 8. The minimum absolute atomic E-state index is 0.0747. The van der Waals surface area contributed by atoms with Crippen LogP contribution in [0.5, 0.6) is 0 Å². The molecule has 0 N–H and O–H groups in total. The van der Waals surface area contributed by atoms with Crippen molar-refractivity contribution in [2.75, 3.05) is 0 Å². The Morgan fingerprint density at radius 2 is 1.29 bits per heavy atom. The zero-order valence-corrected chi connectivity index (χ0v) is 17.5. The zero-order chi connectivity index (χ0) is 22.3. The van der Waals surface area contributed by atoms with Crippen LogP contribution in [0.15, 0.2) is 84.9 Å². The van der Waals surface area contributed by atoms with Crippen LogP contribution in [-0.4, -0.2) is 10.8 Å². The number of alkyl halides is 3. The van der Waals surface area contributed by atoms with E-state index in [9.17, 15) is 18.0 Å². The van der Waals surface area contributed by atoms with Gasteiger partial charge < -0.3 is 4.90 Å². The summed E-state index contributed by atoms with van der Waals surface area (Å²) in [6.07, 6.45) is -3.07. The fourth-order valence-corrected chi connectivity index (χ4v) is 3.67. The second-order valence-electron chi connectivity index (χ2n) is 7.63. The number of nitrogens with zero attached hydrogens (tertiary/aromatic N) is 1. The molecule has 0 aliphatic heterocycles. The van der Waals surface area contributed by atoms with Crippen molar-refractivity contribution in [2.45, 2.75) is 44.9 Å². The van der Waals surface area contributed by atoms with Crippen molar-refractivity contribution in [1.82, 2.24) is 4.90 Å². The van der Waals surface area contributed by atoms with Crippen LogP contribution in [0.3, 0.4) is 0 Å². The summed E-state index contributed by atoms with van der Waals surface area (Å²) in [6, 6.07) is 24.4. The van der Waals surface area contributed by atoms with Crippen molar-refractivity contribution in [3.05, 3.63) is 107 Å². The molecule has 3 rings (SSSR count). The van der Waals surface area contributed by atoms with Crippen LogP contribution in [0.2, 0.25) is 0 Å². The standard InChI is InChI=1S/C26H26F3NO/c1-2-9-24(22-14-16-23(17-15-22)26(27,28)29)25(31)30(18-20-10-5-3-6-11-20)19-21-12-7-4-8-13-21/h3-8,10-17,24H,2,9,18-19H2,1H3. The average Bonchev–Trinajstić information content (AvgIpc) is 2.77. The Bertz CT molecular complexity index is 912. The predicted octanol–water partition coefficient (Wildman–Crippen LogP) is 6.82. The molecule has 0 heterocycles. The number of hydrogen-bond donors (Lipinski definition) is 0. The van der Waals surface area contributed by atoms with Crippen LogP contribution in [0, 0.1) is 0 Å². The molecule has 3 aromatic rings. The SMILES string of the molecule is CCCC(C(=O)N(Cc1ccccc1)Cc1ccccc1)c1ccc(C(F)(F)F)cc1. The van der Waals surface area contributed by atoms with Crippen LogP contribution in [0.25, 0.3) is 0 Å². The van der Waals surface area contributed by atoms with E-state index in [0.29, 0.717) is 25.1 Å². The molecule has 0 aliphatic rings. The second kappa shape index (κ2) is 10.3. The highest BCUT2D eigenvalue weighted by atomic mass is 19.4. The van der Waals surface area contributed by atoms with Gasteiger partial charge in [-0.2, -0.15) is 13.2 Å². The molecule has 0 saturated heterocycles. The van der Waals surface area contributed by atoms with E-state index in [1.54, 1.807) is 4.90 Å². The Morgan fingerprint density at radius 3 is 1.71 bits per heavy atom. The number of carbonyl (C=O) groups excluding carboxylic acids is 1. The van der Waals surface area contributed by atoms with Crippen molar-refractivity contribution >= 4 is 5.91 Å². The van der Waals surface area contributed by atoms with Crippen LogP contribution in [0.1, 0.15) is 47.9 Å². The molecule has 5 heteroatoms. The summed E-state index contributed by atoms with van der Waals surface area (Å²) in [5.74, 6) is -0.561. The van der Waals surface area contributed by atoms with Crippen LogP contribution >= 0.6 is 0 Å². The molecule has 2 nitrogen and oxygen atoms in total. The quantitative estimate of drug-likeness (QED) is 0.388. The van der Waals surface area contributed by atoms with Crippen LogP contribution < -0.4 is 0 Å². The molecule has 162 valence electrons. The highest BCUT2D eigenvalue weighted by molar-refractivity contribution is 5.83. The third kappa shape index (κ3) is 6.20. The Hall–Kier alpha value is -3.08. The Balaban J connectivity index is 1.90. The fourth-order valence-electron chi connectivity index (χ4n) is 3.67. The van der Waals surface area contributed by atoms with E-state index in [-0.39, 0.29) is 5.91 Å². The Morgan fingerprint density at radius 1 is 0.806 bits per heavy atom. The number of hydrogen-bond acceptors (Lipinski definition) is 1. The van der Waals surface area contributed by atoms with Gasteiger partial charge in [0.05, 0.1) is 11.5 Å². The molecule has 1 amide bonds. The van der Waals surface area contributed by atoms with Gasteiger partial charge in [-0.05, 0) is 35.2 Å². The van der Waals surface area contributed by atoms with E-state index >= 15 is 0 Å². The summed E-state index contributed by atoms with van der Waals surface area (Å²) in [6.45, 7) is 2.86. The smallest absolute Gasteiger partial charge is 0.334 e. The predicted molar refractivity (Wildman–Crippen MR) is 116 cm³/mol. The van der Waals surface area contributed by atoms with Gasteiger partial charge in [-0.15, -0.1) is 0 Å². The van der Waals surface area contributed by atoms with Gasteiger partial charge >= 0.3 is 6.18 Å². The molecule has 0 aliphatic carbocycles. The van der Waals surface area contributed by atoms with Gasteiger partial charge in [0.2, 0.25) is 5.91 Å². The Labute approximate surface area is 181 Å². The minimum atomic E-state index is -4.39. The Kier molecular flexibility index (Phi) is 7.50. The molecule has 0 aromatic heterocycles. The molecule has 0 bridgehead atoms. The summed E-state index contributed by atoms with van der Waals surface area (Å²) < 4.78 is 38.9. The third-order valence-electron chi connectivity index (χ3n) is 5.26. The van der Waals surface area contributed by atoms with Gasteiger partial charge in [-0.1, -0.05) is 86.1 Å². The molecule has 1 atom stereocenters. The summed E-state index contributed by atoms with van der Waals surface area (Å²) in [5.41, 5.74) is 1.93. The molecular formula is C26H26F3NO. The van der Waals surface area contributed by atoms with E-state index in [1.807, 2.05) is 67.6 Å². The van der Waals surface area contributed by atoms with Crippen LogP contribution in [-0.2, 0) is 24.1 Å². The second-order valence-corrected chi connectivity index (χ2v) is 7.63. The molecule has 1 unspecified atom stereocenters. The average molecular weight is 425 g/mol. The van der Waals surface area contributed by atoms with Crippen molar-refractivity contribution < 1.29 is 18.0 Å². The molecule has 0 fully saturated rings. The number of benzene rings is 3. The van der Waals surface area contributed by atoms with Gasteiger partial charge in [0, 0.05) is 13.1 Å². The maximum atomic E-state index is 13.6. The van der Waals surface area contributed by atoms with Crippen molar-refractivity contribution in [3.8, 4) is 0 Å². The highest BCUT2D eigenvalue weighted by Gasteiger charge is 2.31. The molecule has 3 aromatic carbocycles. The van der Waals surface area contributed by atoms with Gasteiger partial charge in [0.25, 0.3) is 0 Å². The third-order valence-corrected chi connectivity index (χ3v) is 5.26. The lowest BCUT2D eigenvalue weighted by atomic mass is 9.92. The zero-order valence-electron chi connectivity index (χ0n) is 17.5. The van der Waals surface area contributed by atoms with Crippen molar-refractivity contribution in [1.29, 1.82) is 0 Å². The van der Waals surface area contributed by atoms with Crippen LogP contribution in [0.4, 0.5) is 13.2 Å². The molecule has 0 saturated carbocycles. The minimum Gasteiger partial charge on any atom is -0.334 e. The van der Waals surface area contributed by atoms with Crippen molar-refractivity contribution in [3.63, 3.8) is 0 Å². The van der Waals surface area contributed by atoms with E-state index < -0.39 is 17.7 Å². The first-order chi connectivity index (χ1) is 14.9. The van der Waals surface area contributed by atoms with Gasteiger partial charge in [-0.3, -0.25) is 4.79 Å². The normalized spacial score (nSPS) is 12.4. The molecule has 0 spiro atoms. The van der Waals surface area contributed by atoms with E-state index in [1.165, 1.54) is 12.1 Å². The first-order valence-corrected chi connectivity index (χ1v) is 10.4. The topological polar surface area (TPSA) is 20.3 Å². The van der Waals surface area contributed by atoms with Crippen molar-refractivity contribution in [2.24, 2.45) is 0 Å². The largest absolute Gasteiger partial charge is 0.416 e. The number of amides is 1. The first-order valence-electron chi connectivity index (χ1n) is 10.4. The summed E-state index contributed by atoms with van der Waals surface area (Å²) in [4.78, 5) is 15.4. The van der Waals surface area contributed by atoms with E-state index in [4.69, 9.17) is 0 Å². The lowest BCUT2D eigenvalue weighted by molar-refractivity contribution is -0.137. The molecular weight excluding hydrogens is 399 g/mol. The monoisotopic (exact) mass is 425 g/mol. The summed E-state index contributed by atoms with van der Waals surface area (Å²) in [5, 5.41) is 0. The highest BCUT2D eigenvalue weighted by Crippen LogP contribution is 2.32. The molecule has 31 heavy (non-hydrogen) atoms. The van der Waals surface area contributed by atoms with Gasteiger partial charge in [-0.25, -0.2) is 0 Å². The summed E-state index contributed by atoms with van der Waals surface area (Å²) in [7, 11) is 0. The first kappa shape index (κ1) is 22.6. The van der Waals surface area contributed by atoms with Gasteiger partial charge in [0.1, 0.15) is 0 Å². The van der Waals surface area contributed by atoms with E-state index in [0.717, 1.165) is 29.7 Å². The number of carbonyl (C=O) groups is 1. The lowest BCUT2D eigenvalue weighted by Crippen LogP contribution is -2.34. The maximum Gasteiger partial charge on any atom is 0.416 e. The number of halogens is 3. The fraction of sp³-hybridized carbons (Fsp3) is 0.269. The van der Waals surface area contributed by atoms with E-state index in [2.05, 4.69) is 0 Å². The maximum absolute atomic E-state index is 13.6. The summed E-state index contributed by atoms with van der Waals surface area (Å²) >= 11 is 0.